The molecule has 4 aliphatic rings. The topological polar surface area (TPSA) is 71.3 Å². The van der Waals surface area contributed by atoms with Gasteiger partial charge in [0, 0.05) is 37.4 Å². The fourth-order valence-electron chi connectivity index (χ4n) is 4.39. The maximum atomic E-state index is 13.0. The van der Waals surface area contributed by atoms with E-state index in [4.69, 9.17) is 9.47 Å². The third kappa shape index (κ3) is 1.37. The number of nitrogens with zero attached hydrogens (tertiary/aromatic N) is 1. The summed E-state index contributed by atoms with van der Waals surface area (Å²) >= 11 is 0. The molecule has 0 spiro atoms. The average Bonchev–Trinajstić information content (AvgIpc) is 2.95. The summed E-state index contributed by atoms with van der Waals surface area (Å²) in [5.41, 5.74) is 2.72. The summed E-state index contributed by atoms with van der Waals surface area (Å²) in [6.07, 6.45) is 1.80. The van der Waals surface area contributed by atoms with Crippen molar-refractivity contribution in [1.82, 2.24) is 0 Å². The Morgan fingerprint density at radius 2 is 2.00 bits per heavy atom. The minimum atomic E-state index is -1.37. The Bertz CT molecular complexity index is 730. The molecule has 112 valence electrons. The summed E-state index contributed by atoms with van der Waals surface area (Å²) < 4.78 is 11.0. The Morgan fingerprint density at radius 1 is 1.27 bits per heavy atom. The number of ketones is 1. The van der Waals surface area contributed by atoms with Gasteiger partial charge in [0.25, 0.3) is 0 Å². The number of benzene rings is 1. The molecule has 0 saturated heterocycles. The van der Waals surface area contributed by atoms with Gasteiger partial charge in [0.15, 0.2) is 5.78 Å². The third-order valence-corrected chi connectivity index (χ3v) is 5.26. The van der Waals surface area contributed by atoms with E-state index in [1.54, 1.807) is 6.08 Å². The maximum absolute atomic E-state index is 13.0. The van der Waals surface area contributed by atoms with Gasteiger partial charge in [0.2, 0.25) is 5.79 Å². The summed E-state index contributed by atoms with van der Waals surface area (Å²) in [6, 6.07) is 10.1. The van der Waals surface area contributed by atoms with E-state index in [-0.39, 0.29) is 17.7 Å². The van der Waals surface area contributed by atoms with Gasteiger partial charge in [-0.25, -0.2) is 0 Å². The SMILES string of the molecule is COC1(OC)C(=O)C2C=C(C#N)C1C1Nc3ccccc3C21. The van der Waals surface area contributed by atoms with Gasteiger partial charge in [0.05, 0.1) is 17.9 Å². The number of allylic oxidation sites excluding steroid dienone is 1. The number of nitrogens with one attached hydrogen (secondary N) is 1. The number of hydrogen-bond acceptors (Lipinski definition) is 5. The predicted octanol–water partition coefficient (Wildman–Crippen LogP) is 1.83. The summed E-state index contributed by atoms with van der Waals surface area (Å²) in [5.74, 6) is -2.28. The van der Waals surface area contributed by atoms with Crippen LogP contribution in [0.3, 0.4) is 0 Å². The van der Waals surface area contributed by atoms with Crippen LogP contribution < -0.4 is 5.32 Å². The van der Waals surface area contributed by atoms with Crippen molar-refractivity contribution in [3.05, 3.63) is 41.5 Å². The van der Waals surface area contributed by atoms with E-state index in [1.165, 1.54) is 14.2 Å². The first-order chi connectivity index (χ1) is 10.7. The number of rotatable bonds is 2. The van der Waals surface area contributed by atoms with Crippen molar-refractivity contribution in [2.45, 2.75) is 17.7 Å². The van der Waals surface area contributed by atoms with Crippen LogP contribution in [0.4, 0.5) is 5.69 Å². The van der Waals surface area contributed by atoms with Crippen LogP contribution in [-0.2, 0) is 14.3 Å². The van der Waals surface area contributed by atoms with Crippen LogP contribution in [0.2, 0.25) is 0 Å². The van der Waals surface area contributed by atoms with Crippen LogP contribution in [0.15, 0.2) is 35.9 Å². The number of para-hydroxylation sites is 1. The number of nitriles is 1. The Kier molecular flexibility index (Phi) is 2.71. The van der Waals surface area contributed by atoms with Crippen molar-refractivity contribution in [1.29, 1.82) is 5.26 Å². The second-order valence-electron chi connectivity index (χ2n) is 5.96. The quantitative estimate of drug-likeness (QED) is 0.843. The van der Waals surface area contributed by atoms with Gasteiger partial charge in [-0.15, -0.1) is 0 Å². The molecular weight excluding hydrogens is 280 g/mol. The predicted molar refractivity (Wildman–Crippen MR) is 79.0 cm³/mol. The van der Waals surface area contributed by atoms with Crippen molar-refractivity contribution < 1.29 is 14.3 Å². The zero-order chi connectivity index (χ0) is 15.5. The molecule has 5 nitrogen and oxygen atoms in total. The number of methoxy groups -OCH3 is 2. The number of carbonyl (C=O) groups is 1. The fraction of sp³-hybridized carbons (Fsp3) is 0.412. The van der Waals surface area contributed by atoms with Gasteiger partial charge in [0.1, 0.15) is 0 Å². The fourth-order valence-corrected chi connectivity index (χ4v) is 4.39. The minimum Gasteiger partial charge on any atom is -0.381 e. The molecule has 0 radical (unpaired) electrons. The molecule has 1 saturated carbocycles. The Balaban J connectivity index is 1.92. The van der Waals surface area contributed by atoms with Crippen molar-refractivity contribution in [2.75, 3.05) is 19.5 Å². The van der Waals surface area contributed by atoms with Crippen LogP contribution >= 0.6 is 0 Å². The molecule has 1 aromatic carbocycles. The average molecular weight is 296 g/mol. The first kappa shape index (κ1) is 13.5. The minimum absolute atomic E-state index is 0.0317. The molecule has 4 atom stereocenters. The second kappa shape index (κ2) is 4.42. The highest BCUT2D eigenvalue weighted by Crippen LogP contribution is 2.57. The van der Waals surface area contributed by atoms with Crippen LogP contribution in [0.1, 0.15) is 11.5 Å². The molecule has 5 rings (SSSR count). The molecule has 22 heavy (non-hydrogen) atoms. The Hall–Kier alpha value is -2.16. The summed E-state index contributed by atoms with van der Waals surface area (Å²) in [7, 11) is 2.93. The lowest BCUT2D eigenvalue weighted by Gasteiger charge is -2.51. The van der Waals surface area contributed by atoms with Crippen molar-refractivity contribution in [3.8, 4) is 6.07 Å². The lowest BCUT2D eigenvalue weighted by Crippen LogP contribution is -2.65. The van der Waals surface area contributed by atoms with E-state index >= 15 is 0 Å². The summed E-state index contributed by atoms with van der Waals surface area (Å²) in [5, 5.41) is 13.0. The van der Waals surface area contributed by atoms with Crippen molar-refractivity contribution >= 4 is 11.5 Å². The zero-order valence-electron chi connectivity index (χ0n) is 12.4. The molecule has 1 fully saturated rings. The second-order valence-corrected chi connectivity index (χ2v) is 5.96. The van der Waals surface area contributed by atoms with E-state index in [9.17, 15) is 10.1 Å². The molecule has 5 heteroatoms. The van der Waals surface area contributed by atoms with E-state index < -0.39 is 17.6 Å². The van der Waals surface area contributed by atoms with Gasteiger partial charge in [-0.1, -0.05) is 24.3 Å². The number of carbonyl (C=O) groups excluding carboxylic acids is 1. The summed E-state index contributed by atoms with van der Waals surface area (Å²) in [4.78, 5) is 13.0. The largest absolute Gasteiger partial charge is 0.381 e. The van der Waals surface area contributed by atoms with Gasteiger partial charge in [-0.05, 0) is 11.6 Å². The monoisotopic (exact) mass is 296 g/mol. The number of anilines is 1. The Morgan fingerprint density at radius 3 is 2.68 bits per heavy atom. The van der Waals surface area contributed by atoms with Crippen LogP contribution in [-0.4, -0.2) is 31.8 Å². The molecule has 4 unspecified atom stereocenters. The molecule has 1 aliphatic heterocycles. The molecule has 1 N–H and O–H groups in total. The molecule has 3 aliphatic carbocycles. The molecule has 2 bridgehead atoms. The maximum Gasteiger partial charge on any atom is 0.238 e. The van der Waals surface area contributed by atoms with Crippen LogP contribution in [0.5, 0.6) is 0 Å². The third-order valence-electron chi connectivity index (χ3n) is 5.26. The standard InChI is InChI=1S/C17H16N2O3/c1-21-17(22-2)14-9(8-18)7-11(16(17)20)13-10-5-3-4-6-12(10)19-15(13)14/h3-7,11,13-15,19H,1-2H3. The van der Waals surface area contributed by atoms with Crippen molar-refractivity contribution in [2.24, 2.45) is 11.8 Å². The summed E-state index contributed by atoms with van der Waals surface area (Å²) in [6.45, 7) is 0. The molecule has 1 aromatic rings. The number of hydrogen-bond donors (Lipinski definition) is 1. The van der Waals surface area contributed by atoms with Gasteiger partial charge >= 0.3 is 0 Å². The van der Waals surface area contributed by atoms with E-state index in [0.717, 1.165) is 11.3 Å². The van der Waals surface area contributed by atoms with E-state index in [2.05, 4.69) is 11.4 Å². The first-order valence-electron chi connectivity index (χ1n) is 7.30. The van der Waals surface area contributed by atoms with Gasteiger partial charge in [-0.3, -0.25) is 4.79 Å². The van der Waals surface area contributed by atoms with Crippen molar-refractivity contribution in [3.63, 3.8) is 0 Å². The lowest BCUT2D eigenvalue weighted by atomic mass is 9.58. The highest BCUT2D eigenvalue weighted by atomic mass is 16.7. The first-order valence-corrected chi connectivity index (χ1v) is 7.30. The molecule has 1 heterocycles. The van der Waals surface area contributed by atoms with Gasteiger partial charge < -0.3 is 14.8 Å². The highest BCUT2D eigenvalue weighted by Gasteiger charge is 2.66. The zero-order valence-corrected chi connectivity index (χ0v) is 12.4. The number of ether oxygens (including phenoxy) is 2. The Labute approximate surface area is 128 Å². The number of Topliss-reactive ketones (excluding diaryl/α,β-unsaturated/α-hetero) is 1. The van der Waals surface area contributed by atoms with Gasteiger partial charge in [-0.2, -0.15) is 5.26 Å². The highest BCUT2D eigenvalue weighted by molar-refractivity contribution is 5.96. The van der Waals surface area contributed by atoms with Crippen LogP contribution in [0.25, 0.3) is 0 Å². The molecule has 0 amide bonds. The molecule has 0 aromatic heterocycles. The normalized spacial score (nSPS) is 33.5. The van der Waals surface area contributed by atoms with E-state index in [0.29, 0.717) is 5.57 Å². The smallest absolute Gasteiger partial charge is 0.238 e. The van der Waals surface area contributed by atoms with Crippen LogP contribution in [0, 0.1) is 23.2 Å². The van der Waals surface area contributed by atoms with E-state index in [1.807, 2.05) is 24.3 Å². The number of fused-ring (bicyclic) bond motifs is 2. The molecular formula is C17H16N2O3. The lowest BCUT2D eigenvalue weighted by molar-refractivity contribution is -0.239.